The van der Waals surface area contributed by atoms with Crippen LogP contribution in [0.15, 0.2) is 24.3 Å². The molecule has 0 aliphatic rings. The van der Waals surface area contributed by atoms with Gasteiger partial charge >= 0.3 is 5.97 Å². The van der Waals surface area contributed by atoms with Gasteiger partial charge in [-0.2, -0.15) is 0 Å². The van der Waals surface area contributed by atoms with Crippen LogP contribution >= 0.6 is 12.2 Å². The van der Waals surface area contributed by atoms with Gasteiger partial charge in [0.05, 0.1) is 7.11 Å². The number of methoxy groups -OCH3 is 1. The Kier molecular flexibility index (Phi) is 9.27. The Bertz CT molecular complexity index is 630. The highest BCUT2D eigenvalue weighted by Gasteiger charge is 2.28. The molecule has 6 heteroatoms. The number of para-hydroxylation sites is 1. The van der Waals surface area contributed by atoms with E-state index in [0.717, 1.165) is 29.0 Å². The van der Waals surface area contributed by atoms with E-state index < -0.39 is 12.0 Å². The van der Waals surface area contributed by atoms with E-state index >= 15 is 0 Å². The van der Waals surface area contributed by atoms with Crippen LogP contribution in [0.1, 0.15) is 45.1 Å². The number of nitrogens with zero attached hydrogens (tertiary/aromatic N) is 1. The zero-order valence-corrected chi connectivity index (χ0v) is 16.8. The summed E-state index contributed by atoms with van der Waals surface area (Å²) < 4.78 is 5.34. The predicted octanol–water partition coefficient (Wildman–Crippen LogP) is 3.74. The van der Waals surface area contributed by atoms with Gasteiger partial charge in [-0.05, 0) is 48.1 Å². The third-order valence-corrected chi connectivity index (χ3v) is 4.82. The summed E-state index contributed by atoms with van der Waals surface area (Å²) in [5.41, 5.74) is 1.12. The summed E-state index contributed by atoms with van der Waals surface area (Å²) in [4.78, 5) is 25.8. The van der Waals surface area contributed by atoms with Crippen molar-refractivity contribution in [2.45, 2.75) is 52.0 Å². The third-order valence-electron chi connectivity index (χ3n) is 4.41. The highest BCUT2D eigenvalue weighted by Crippen LogP contribution is 2.20. The predicted molar refractivity (Wildman–Crippen MR) is 107 cm³/mol. The van der Waals surface area contributed by atoms with E-state index in [-0.39, 0.29) is 11.8 Å². The molecule has 0 radical (unpaired) electrons. The maximum atomic E-state index is 12.2. The van der Waals surface area contributed by atoms with Gasteiger partial charge in [-0.15, -0.1) is 0 Å². The second kappa shape index (κ2) is 10.9. The number of carbonyl (C=O) groups excluding carboxylic acids is 1. The van der Waals surface area contributed by atoms with Crippen molar-refractivity contribution in [3.63, 3.8) is 0 Å². The van der Waals surface area contributed by atoms with Crippen molar-refractivity contribution in [3.05, 3.63) is 29.8 Å². The number of hydrogen-bond acceptors (Lipinski definition) is 4. The molecular weight excluding hydrogens is 350 g/mol. The van der Waals surface area contributed by atoms with Crippen LogP contribution in [-0.4, -0.2) is 46.9 Å². The standard InChI is InChI=1S/C20H29NO4S/c1-14(2)19(20(23)24)21(3)18(22)11-7-9-16(26)13-12-15-8-5-6-10-17(15)25-4/h5-6,8,10,14,19H,7,9,11-13H2,1-4H3,(H,23,24)/t19-/m0/s1. The summed E-state index contributed by atoms with van der Waals surface area (Å²) in [5, 5.41) is 9.27. The van der Waals surface area contributed by atoms with Crippen molar-refractivity contribution in [1.82, 2.24) is 4.90 Å². The average Bonchev–Trinajstić information content (AvgIpc) is 2.59. The molecule has 0 spiro atoms. The minimum atomic E-state index is -0.969. The first-order valence-corrected chi connectivity index (χ1v) is 9.30. The summed E-state index contributed by atoms with van der Waals surface area (Å²) in [5.74, 6) is -0.398. The molecular formula is C20H29NO4S. The maximum absolute atomic E-state index is 12.2. The lowest BCUT2D eigenvalue weighted by atomic mass is 10.0. The van der Waals surface area contributed by atoms with Crippen LogP contribution in [0, 0.1) is 5.92 Å². The normalized spacial score (nSPS) is 11.9. The van der Waals surface area contributed by atoms with E-state index in [1.54, 1.807) is 28.0 Å². The Balaban J connectivity index is 2.41. The van der Waals surface area contributed by atoms with Crippen molar-refractivity contribution in [2.24, 2.45) is 5.92 Å². The molecule has 26 heavy (non-hydrogen) atoms. The Morgan fingerprint density at radius 3 is 2.42 bits per heavy atom. The summed E-state index contributed by atoms with van der Waals surface area (Å²) in [7, 11) is 3.21. The van der Waals surface area contributed by atoms with Crippen molar-refractivity contribution < 1.29 is 19.4 Å². The number of thiocarbonyl (C=S) groups is 1. The van der Waals surface area contributed by atoms with Crippen LogP contribution in [0.25, 0.3) is 0 Å². The van der Waals surface area contributed by atoms with Crippen molar-refractivity contribution in [2.75, 3.05) is 14.2 Å². The zero-order chi connectivity index (χ0) is 19.7. The van der Waals surface area contributed by atoms with Crippen molar-refractivity contribution in [1.29, 1.82) is 0 Å². The molecule has 0 saturated heterocycles. The topological polar surface area (TPSA) is 66.8 Å². The fourth-order valence-corrected chi connectivity index (χ4v) is 3.22. The number of benzene rings is 1. The Hall–Kier alpha value is -1.95. The summed E-state index contributed by atoms with van der Waals surface area (Å²) in [6.45, 7) is 3.60. The number of carboxylic acids is 1. The van der Waals surface area contributed by atoms with Gasteiger partial charge in [0.15, 0.2) is 0 Å². The number of rotatable bonds is 11. The van der Waals surface area contributed by atoms with Crippen LogP contribution < -0.4 is 4.74 Å². The molecule has 0 aromatic heterocycles. The monoisotopic (exact) mass is 379 g/mol. The number of likely N-dealkylation sites (N-methyl/N-ethyl adjacent to an activating group) is 1. The van der Waals surface area contributed by atoms with Gasteiger partial charge < -0.3 is 14.7 Å². The first-order valence-electron chi connectivity index (χ1n) is 8.90. The maximum Gasteiger partial charge on any atom is 0.326 e. The van der Waals surface area contributed by atoms with E-state index in [9.17, 15) is 14.7 Å². The largest absolute Gasteiger partial charge is 0.496 e. The number of hydrogen-bond donors (Lipinski definition) is 1. The molecule has 0 heterocycles. The van der Waals surface area contributed by atoms with Crippen LogP contribution in [0.4, 0.5) is 0 Å². The van der Waals surface area contributed by atoms with Gasteiger partial charge in [-0.1, -0.05) is 44.3 Å². The molecule has 1 amide bonds. The zero-order valence-electron chi connectivity index (χ0n) is 16.0. The van der Waals surface area contributed by atoms with E-state index in [1.807, 2.05) is 24.3 Å². The quantitative estimate of drug-likeness (QED) is 0.593. The molecule has 0 aliphatic carbocycles. The van der Waals surface area contributed by atoms with Gasteiger partial charge in [0.2, 0.25) is 5.91 Å². The molecule has 144 valence electrons. The van der Waals surface area contributed by atoms with Gasteiger partial charge in [-0.25, -0.2) is 4.79 Å². The SMILES string of the molecule is COc1ccccc1CCC(=S)CCCC(=O)N(C)[C@H](C(=O)O)C(C)C. The molecule has 0 bridgehead atoms. The fourth-order valence-electron chi connectivity index (χ4n) is 2.97. The Morgan fingerprint density at radius 1 is 1.19 bits per heavy atom. The lowest BCUT2D eigenvalue weighted by Gasteiger charge is -2.27. The Morgan fingerprint density at radius 2 is 1.85 bits per heavy atom. The average molecular weight is 380 g/mol. The first-order chi connectivity index (χ1) is 12.3. The lowest BCUT2D eigenvalue weighted by Crippen LogP contribution is -2.45. The van der Waals surface area contributed by atoms with Gasteiger partial charge in [0.25, 0.3) is 0 Å². The van der Waals surface area contributed by atoms with Crippen molar-refractivity contribution >= 4 is 29.0 Å². The molecule has 1 atom stereocenters. The van der Waals surface area contributed by atoms with Crippen LogP contribution in [-0.2, 0) is 16.0 Å². The van der Waals surface area contributed by atoms with Crippen LogP contribution in [0.2, 0.25) is 0 Å². The molecule has 0 aliphatic heterocycles. The number of carboxylic acid groups (broad SMARTS) is 1. The second-order valence-corrected chi connectivity index (χ2v) is 7.31. The summed E-state index contributed by atoms with van der Waals surface area (Å²) >= 11 is 5.43. The van der Waals surface area contributed by atoms with Crippen LogP contribution in [0.3, 0.4) is 0 Å². The van der Waals surface area contributed by atoms with E-state index in [2.05, 4.69) is 0 Å². The molecule has 1 aromatic carbocycles. The summed E-state index contributed by atoms with van der Waals surface area (Å²) in [6.07, 6.45) is 3.21. The van der Waals surface area contributed by atoms with Crippen LogP contribution in [0.5, 0.6) is 5.75 Å². The number of aryl methyl sites for hydroxylation is 1. The smallest absolute Gasteiger partial charge is 0.326 e. The number of carbonyl (C=O) groups is 2. The van der Waals surface area contributed by atoms with Gasteiger partial charge in [0.1, 0.15) is 11.8 Å². The third kappa shape index (κ3) is 6.75. The molecule has 1 N–H and O–H groups in total. The molecule has 0 saturated carbocycles. The molecule has 1 rings (SSSR count). The molecule has 1 aromatic rings. The van der Waals surface area contributed by atoms with Gasteiger partial charge in [0, 0.05) is 13.5 Å². The fraction of sp³-hybridized carbons (Fsp3) is 0.550. The van der Waals surface area contributed by atoms with E-state index in [0.29, 0.717) is 19.3 Å². The molecule has 0 unspecified atom stereocenters. The van der Waals surface area contributed by atoms with E-state index in [1.165, 1.54) is 4.90 Å². The second-order valence-electron chi connectivity index (χ2n) is 6.74. The van der Waals surface area contributed by atoms with Gasteiger partial charge in [-0.3, -0.25) is 4.79 Å². The lowest BCUT2D eigenvalue weighted by molar-refractivity contribution is -0.151. The number of amides is 1. The summed E-state index contributed by atoms with van der Waals surface area (Å²) in [6, 6.07) is 7.08. The highest BCUT2D eigenvalue weighted by molar-refractivity contribution is 7.80. The highest BCUT2D eigenvalue weighted by atomic mass is 32.1. The minimum Gasteiger partial charge on any atom is -0.496 e. The molecule has 0 fully saturated rings. The molecule has 5 nitrogen and oxygen atoms in total. The minimum absolute atomic E-state index is 0.136. The number of aliphatic carboxylic acids is 1. The first kappa shape index (κ1) is 22.1. The van der Waals surface area contributed by atoms with E-state index in [4.69, 9.17) is 17.0 Å². The Labute approximate surface area is 161 Å². The van der Waals surface area contributed by atoms with Crippen molar-refractivity contribution in [3.8, 4) is 5.75 Å². The number of ether oxygens (including phenoxy) is 1.